The number of ether oxygens (including phenoxy) is 2. The van der Waals surface area contributed by atoms with Crippen LogP contribution < -0.4 is 19.9 Å². The van der Waals surface area contributed by atoms with Crippen LogP contribution in [0.25, 0.3) is 0 Å². The molecule has 10 fully saturated rings. The number of rotatable bonds is 17. The van der Waals surface area contributed by atoms with Crippen molar-refractivity contribution in [3.63, 3.8) is 0 Å². The van der Waals surface area contributed by atoms with E-state index in [1.165, 1.54) is 93.8 Å². The number of nitrogens with zero attached hydrogens (tertiary/aromatic N) is 17. The Morgan fingerprint density at radius 2 is 0.801 bits per heavy atom. The largest absolute Gasteiger partial charge is 0.457 e. The Kier molecular flexibility index (Phi) is 30.5. The number of amides is 4. The van der Waals surface area contributed by atoms with Crippen LogP contribution in [0.4, 0.5) is 56.9 Å². The first kappa shape index (κ1) is 98.2. The van der Waals surface area contributed by atoms with Crippen molar-refractivity contribution in [2.75, 3.05) is 141 Å². The molecule has 4 aromatic heterocycles. The maximum atomic E-state index is 13.9. The van der Waals surface area contributed by atoms with E-state index in [9.17, 15) is 64.7 Å². The summed E-state index contributed by atoms with van der Waals surface area (Å²) in [5.74, 6) is 1.89. The highest BCUT2D eigenvalue weighted by Crippen LogP contribution is 2.47. The van der Waals surface area contributed by atoms with Crippen LogP contribution in [-0.4, -0.2) is 258 Å². The van der Waals surface area contributed by atoms with E-state index in [2.05, 4.69) is 75.6 Å². The molecule has 37 heteroatoms. The molecule has 1 N–H and O–H groups in total. The van der Waals surface area contributed by atoms with Crippen molar-refractivity contribution >= 4 is 93.4 Å². The number of alkyl halides is 6. The van der Waals surface area contributed by atoms with Crippen LogP contribution in [0, 0.1) is 28.1 Å². The number of hydrogen-bond donors (Lipinski definition) is 1. The molecule has 4 amide bonds. The van der Waals surface area contributed by atoms with Gasteiger partial charge >= 0.3 is 36.5 Å². The standard InChI is InChI=1S/C26H27ClN4O3.C26H32F3N5O2.C25H32ClN5O3.C22H24ClF3N4O2/c1-17(32)25-10-11-31(29-25)26(33)30-15-19-12-22(13-20(19)16-30)28-14-18-2-6-23(7-3-18)34-24-8-4-21(27)5-9-24;1-19(35)23-6-12-34(30-23)24(36)33-14-8-25(9-15-33)7-13-31(18-25)17-20-4-5-21(32-10-2-3-11-32)16-22(20)26(27,28)29;1-19(32)23-4-8-31(27-23)24(33)30-10-6-25(7-11-30)5-9-28(18-25)17-20-2-3-21(16-22(20)26)29-12-14-34-15-13-29;1-15(31)19-2-6-30(27-19)20(32)29-8-4-21(5-9-29)3-7-28(14-21)13-16-10-17(22(24,25)26)12-18(23)11-16/h2-11,19-20,22,28H,12-16H2,1H3;4-6,12,16H,2-3,7-11,13-15,17-18H2,1H3;2-4,8,16H,5-7,9-15,17-18H2,1H3;2,6,10-12H,3-5,7-9,13-14H2,1H3/t19-,20+,22?;;;. The van der Waals surface area contributed by atoms with Crippen molar-refractivity contribution in [2.24, 2.45) is 28.1 Å². The molecule has 136 heavy (non-hydrogen) atoms. The zero-order valence-electron chi connectivity index (χ0n) is 76.9. The predicted octanol–water partition coefficient (Wildman–Crippen LogP) is 17.9. The maximum absolute atomic E-state index is 13.9. The predicted molar refractivity (Wildman–Crippen MR) is 502 cm³/mol. The summed E-state index contributed by atoms with van der Waals surface area (Å²) >= 11 is 18.5. The molecule has 3 spiro atoms. The Morgan fingerprint density at radius 3 is 1.21 bits per heavy atom. The highest BCUT2D eigenvalue weighted by Gasteiger charge is 2.48. The van der Waals surface area contributed by atoms with Gasteiger partial charge in [-0.25, -0.2) is 19.2 Å². The Bertz CT molecular complexity index is 5780. The molecule has 1 saturated carbocycles. The smallest absolute Gasteiger partial charge is 0.416 e. The molecule has 13 heterocycles. The molecule has 1 unspecified atom stereocenters. The number of piperidine rings is 3. The summed E-state index contributed by atoms with van der Waals surface area (Å²) in [5, 5.41) is 21.6. The third-order valence-corrected chi connectivity index (χ3v) is 29.6. The van der Waals surface area contributed by atoms with E-state index in [0.717, 1.165) is 230 Å². The quantitative estimate of drug-likeness (QED) is 0.0655. The Balaban J connectivity index is 0.000000132. The third-order valence-electron chi connectivity index (χ3n) is 28.8. The van der Waals surface area contributed by atoms with E-state index in [1.807, 2.05) is 57.2 Å². The molecule has 3 atom stereocenters. The van der Waals surface area contributed by atoms with Gasteiger partial charge in [0.1, 0.15) is 34.3 Å². The first-order chi connectivity index (χ1) is 65.0. The molecule has 5 aromatic carbocycles. The first-order valence-electron chi connectivity index (χ1n) is 46.8. The minimum absolute atomic E-state index is 0.0132. The summed E-state index contributed by atoms with van der Waals surface area (Å²) in [5.41, 5.74) is 5.30. The summed E-state index contributed by atoms with van der Waals surface area (Å²) in [7, 11) is 0. The number of carbonyl (C=O) groups is 8. The average molecular weight is 1940 g/mol. The molecule has 0 radical (unpaired) electrons. The van der Waals surface area contributed by atoms with E-state index in [0.29, 0.717) is 83.8 Å². The number of Topliss-reactive ketones (excluding diaryl/α,β-unsaturated/α-hetero) is 4. The highest BCUT2D eigenvalue weighted by molar-refractivity contribution is 6.32. The molecule has 9 aromatic rings. The van der Waals surface area contributed by atoms with Crippen LogP contribution in [0.15, 0.2) is 152 Å². The number of morpholine rings is 1. The van der Waals surface area contributed by atoms with Gasteiger partial charge in [0, 0.05) is 209 Å². The number of anilines is 2. The van der Waals surface area contributed by atoms with Crippen LogP contribution >= 0.6 is 34.8 Å². The van der Waals surface area contributed by atoms with Crippen LogP contribution in [0.1, 0.15) is 187 Å². The number of halogens is 9. The fourth-order valence-electron chi connectivity index (χ4n) is 20.9. The summed E-state index contributed by atoms with van der Waals surface area (Å²) in [4.78, 5) is 115. The number of likely N-dealkylation sites (tertiary alicyclic amines) is 7. The van der Waals surface area contributed by atoms with E-state index < -0.39 is 23.5 Å². The fraction of sp³-hybridized carbons (Fsp3) is 0.495. The molecule has 724 valence electrons. The van der Waals surface area contributed by atoms with Crippen molar-refractivity contribution in [2.45, 2.75) is 156 Å². The molecular weight excluding hydrogens is 1820 g/mol. The van der Waals surface area contributed by atoms with Crippen molar-refractivity contribution in [3.05, 3.63) is 223 Å². The van der Waals surface area contributed by atoms with Crippen molar-refractivity contribution < 1.29 is 74.2 Å². The molecular formula is C99H115Cl3F6N18O10. The van der Waals surface area contributed by atoms with Crippen LogP contribution in [0.5, 0.6) is 11.5 Å². The van der Waals surface area contributed by atoms with Gasteiger partial charge in [0.15, 0.2) is 23.1 Å². The number of ketones is 4. The van der Waals surface area contributed by atoms with E-state index in [-0.39, 0.29) is 86.5 Å². The minimum Gasteiger partial charge on any atom is -0.457 e. The third kappa shape index (κ3) is 24.1. The zero-order chi connectivity index (χ0) is 96.0. The lowest BCUT2D eigenvalue weighted by atomic mass is 9.78. The lowest BCUT2D eigenvalue weighted by Gasteiger charge is -2.39. The number of nitrogens with one attached hydrogen (secondary N) is 1. The molecule has 10 aliphatic rings. The van der Waals surface area contributed by atoms with Crippen molar-refractivity contribution in [1.29, 1.82) is 0 Å². The van der Waals surface area contributed by atoms with Gasteiger partial charge in [0.05, 0.1) is 24.3 Å². The van der Waals surface area contributed by atoms with Crippen LogP contribution in [0.2, 0.25) is 15.1 Å². The summed E-state index contributed by atoms with van der Waals surface area (Å²) in [6.45, 7) is 23.4. The summed E-state index contributed by atoms with van der Waals surface area (Å²) in [6.07, 6.45) is 9.72. The SMILES string of the molecule is CC(=O)c1ccn(C(=O)N2CCC3(CCN(Cc4cc(Cl)cc(C(F)(F)F)c4)C3)CC2)n1.CC(=O)c1ccn(C(=O)N2CCC3(CCN(Cc4ccc(N5CCCC5)cc4C(F)(F)F)C3)CC2)n1.CC(=O)c1ccn(C(=O)N2CCC3(CCN(Cc4ccc(N5CCOCC5)cc4Cl)C3)CC2)n1.CC(=O)c1ccn(C(=O)N2C[C@H]3CC(NCc4ccc(Oc5ccc(Cl)cc5)cc4)C[C@H]3C2)n1. The molecule has 1 aliphatic carbocycles. The van der Waals surface area contributed by atoms with Crippen LogP contribution in [-0.2, 0) is 43.3 Å². The molecule has 9 aliphatic heterocycles. The van der Waals surface area contributed by atoms with Crippen molar-refractivity contribution in [3.8, 4) is 11.5 Å². The van der Waals surface area contributed by atoms with Gasteiger partial charge in [-0.1, -0.05) is 59.1 Å². The van der Waals surface area contributed by atoms with Crippen LogP contribution in [0.3, 0.4) is 0 Å². The molecule has 28 nitrogen and oxygen atoms in total. The van der Waals surface area contributed by atoms with E-state index in [1.54, 1.807) is 46.5 Å². The second kappa shape index (κ2) is 42.2. The zero-order valence-corrected chi connectivity index (χ0v) is 79.2. The number of aromatic nitrogens is 8. The summed E-state index contributed by atoms with van der Waals surface area (Å²) in [6, 6.07) is 36.3. The van der Waals surface area contributed by atoms with Gasteiger partial charge in [-0.2, -0.15) is 65.5 Å². The van der Waals surface area contributed by atoms with E-state index >= 15 is 0 Å². The van der Waals surface area contributed by atoms with Gasteiger partial charge in [-0.3, -0.25) is 33.9 Å². The second-order valence-electron chi connectivity index (χ2n) is 38.2. The Labute approximate surface area is 801 Å². The highest BCUT2D eigenvalue weighted by atomic mass is 35.5. The number of carbonyl (C=O) groups excluding carboxylic acids is 8. The molecule has 19 rings (SSSR count). The minimum atomic E-state index is -4.43. The van der Waals surface area contributed by atoms with E-state index in [4.69, 9.17) is 44.3 Å². The molecule has 0 bridgehead atoms. The Hall–Kier alpha value is -10.9. The Morgan fingerprint density at radius 1 is 0.412 bits per heavy atom. The lowest BCUT2D eigenvalue weighted by molar-refractivity contribution is -0.139. The summed E-state index contributed by atoms with van der Waals surface area (Å²) < 4.78 is 97.4. The van der Waals surface area contributed by atoms with Gasteiger partial charge in [0.2, 0.25) is 0 Å². The van der Waals surface area contributed by atoms with Gasteiger partial charge < -0.3 is 44.2 Å². The number of fused-ring (bicyclic) bond motifs is 1. The fourth-order valence-corrected chi connectivity index (χ4v) is 21.6. The number of hydrogen-bond acceptors (Lipinski definition) is 20. The maximum Gasteiger partial charge on any atom is 0.416 e. The molecule has 9 saturated heterocycles. The van der Waals surface area contributed by atoms with Gasteiger partial charge in [-0.05, 0) is 257 Å². The normalized spacial score (nSPS) is 20.4. The average Bonchev–Trinajstić information content (AvgIpc) is 1.64. The van der Waals surface area contributed by atoms with Crippen molar-refractivity contribution in [1.82, 2.24) is 78.7 Å². The van der Waals surface area contributed by atoms with Gasteiger partial charge in [-0.15, -0.1) is 0 Å². The monoisotopic (exact) mass is 1930 g/mol. The lowest BCUT2D eigenvalue weighted by Crippen LogP contribution is -2.45. The second-order valence-corrected chi connectivity index (χ2v) is 39.5. The topological polar surface area (TPSA) is 267 Å². The number of benzene rings is 5. The first-order valence-corrected chi connectivity index (χ1v) is 48.0. The van der Waals surface area contributed by atoms with Gasteiger partial charge in [0.25, 0.3) is 0 Å².